The fraction of sp³-hybridized carbons (Fsp3) is 0.750. The molecule has 0 spiro atoms. The molecule has 4 heteroatoms. The second-order valence-electron chi connectivity index (χ2n) is 1.82. The maximum Gasteiger partial charge on any atom is 0.395 e. The number of carbonyl (C=O) groups excluding carboxylic acids is 1. The highest BCUT2D eigenvalue weighted by molar-refractivity contribution is 5.81. The standard InChI is InChI=1S/C4H3F2O2/c5-2-1-4(2,6)3(7)8/h2H,1H2. The molecule has 0 aliphatic heterocycles. The topological polar surface area (TPSA) is 37.0 Å². The fourth-order valence-electron chi connectivity index (χ4n) is 0.413. The number of rotatable bonds is 1. The van der Waals surface area contributed by atoms with Crippen LogP contribution in [-0.2, 0) is 9.90 Å². The summed E-state index contributed by atoms with van der Waals surface area (Å²) in [4.78, 5) is 9.57. The van der Waals surface area contributed by atoms with Crippen LogP contribution in [0.5, 0.6) is 0 Å². The van der Waals surface area contributed by atoms with Crippen molar-refractivity contribution in [3.8, 4) is 0 Å². The molecule has 0 aromatic rings. The highest BCUT2D eigenvalue weighted by Crippen LogP contribution is 2.43. The molecule has 45 valence electrons. The molecule has 0 amide bonds. The van der Waals surface area contributed by atoms with Crippen molar-refractivity contribution in [1.82, 2.24) is 0 Å². The van der Waals surface area contributed by atoms with Gasteiger partial charge in [-0.1, -0.05) is 0 Å². The first-order valence-corrected chi connectivity index (χ1v) is 2.12. The Kier molecular flexibility index (Phi) is 0.808. The summed E-state index contributed by atoms with van der Waals surface area (Å²) in [5, 5.41) is 9.57. The zero-order valence-corrected chi connectivity index (χ0v) is 3.86. The van der Waals surface area contributed by atoms with E-state index >= 15 is 0 Å². The van der Waals surface area contributed by atoms with Crippen LogP contribution >= 0.6 is 0 Å². The van der Waals surface area contributed by atoms with E-state index < -0.39 is 24.2 Å². The van der Waals surface area contributed by atoms with E-state index in [1.807, 2.05) is 0 Å². The van der Waals surface area contributed by atoms with Gasteiger partial charge in [0.25, 0.3) is 0 Å². The van der Waals surface area contributed by atoms with Gasteiger partial charge in [0.05, 0.1) is 0 Å². The van der Waals surface area contributed by atoms with Gasteiger partial charge in [0.1, 0.15) is 6.17 Å². The SMILES string of the molecule is [O]C(=O)C1(F)CC1F. The van der Waals surface area contributed by atoms with Crippen LogP contribution in [0.3, 0.4) is 0 Å². The molecular formula is C4H3F2O2. The van der Waals surface area contributed by atoms with Crippen LogP contribution in [0.25, 0.3) is 0 Å². The monoisotopic (exact) mass is 121 g/mol. The summed E-state index contributed by atoms with van der Waals surface area (Å²) in [6.45, 7) is 0. The Morgan fingerprint density at radius 2 is 2.12 bits per heavy atom. The van der Waals surface area contributed by atoms with Crippen molar-refractivity contribution < 1.29 is 18.7 Å². The predicted octanol–water partition coefficient (Wildman–Crippen LogP) is 0.394. The van der Waals surface area contributed by atoms with E-state index in [4.69, 9.17) is 0 Å². The van der Waals surface area contributed by atoms with Crippen molar-refractivity contribution in [3.63, 3.8) is 0 Å². The summed E-state index contributed by atoms with van der Waals surface area (Å²) in [5.41, 5.74) is -2.65. The van der Waals surface area contributed by atoms with Gasteiger partial charge in [-0.15, -0.1) is 0 Å². The molecule has 0 N–H and O–H groups in total. The minimum Gasteiger partial charge on any atom is -0.243 e. The van der Waals surface area contributed by atoms with Gasteiger partial charge < -0.3 is 0 Å². The first kappa shape index (κ1) is 5.47. The lowest BCUT2D eigenvalue weighted by atomic mass is 10.4. The number of hydrogen-bond acceptors (Lipinski definition) is 1. The smallest absolute Gasteiger partial charge is 0.243 e. The Bertz CT molecular complexity index is 136. The average Bonchev–Trinajstić information content (AvgIpc) is 2.17. The highest BCUT2D eigenvalue weighted by atomic mass is 19.2. The Morgan fingerprint density at radius 3 is 2.12 bits per heavy atom. The molecule has 1 aliphatic rings. The molecule has 1 rings (SSSR count). The van der Waals surface area contributed by atoms with E-state index in [-0.39, 0.29) is 0 Å². The number of alkyl halides is 2. The maximum absolute atomic E-state index is 12.0. The lowest BCUT2D eigenvalue weighted by Crippen LogP contribution is -2.17. The lowest BCUT2D eigenvalue weighted by molar-refractivity contribution is -0.151. The third-order valence-electron chi connectivity index (χ3n) is 1.15. The lowest BCUT2D eigenvalue weighted by Gasteiger charge is -1.88. The number of hydrogen-bond donors (Lipinski definition) is 0. The molecule has 1 aliphatic carbocycles. The molecule has 0 saturated heterocycles. The Balaban J connectivity index is 2.60. The van der Waals surface area contributed by atoms with Crippen molar-refractivity contribution in [3.05, 3.63) is 0 Å². The summed E-state index contributed by atoms with van der Waals surface area (Å²) in [6, 6.07) is 0. The molecule has 2 atom stereocenters. The molecule has 0 aromatic heterocycles. The van der Waals surface area contributed by atoms with Crippen LogP contribution in [0.15, 0.2) is 0 Å². The predicted molar refractivity (Wildman–Crippen MR) is 19.0 cm³/mol. The summed E-state index contributed by atoms with van der Waals surface area (Å²) >= 11 is 0. The van der Waals surface area contributed by atoms with Crippen molar-refractivity contribution in [1.29, 1.82) is 0 Å². The van der Waals surface area contributed by atoms with Crippen molar-refractivity contribution in [2.75, 3.05) is 0 Å². The second kappa shape index (κ2) is 1.18. The molecule has 1 radical (unpaired) electrons. The van der Waals surface area contributed by atoms with Crippen LogP contribution < -0.4 is 0 Å². The summed E-state index contributed by atoms with van der Waals surface area (Å²) in [7, 11) is 0. The van der Waals surface area contributed by atoms with Gasteiger partial charge in [0.15, 0.2) is 0 Å². The van der Waals surface area contributed by atoms with Gasteiger partial charge in [0.2, 0.25) is 5.67 Å². The molecule has 1 fully saturated rings. The van der Waals surface area contributed by atoms with E-state index in [0.717, 1.165) is 0 Å². The Morgan fingerprint density at radius 1 is 1.75 bits per heavy atom. The van der Waals surface area contributed by atoms with Crippen molar-refractivity contribution in [2.24, 2.45) is 0 Å². The van der Waals surface area contributed by atoms with E-state index in [0.29, 0.717) is 0 Å². The first-order chi connectivity index (χ1) is 3.57. The van der Waals surface area contributed by atoms with Crippen molar-refractivity contribution >= 4 is 5.97 Å². The molecular weight excluding hydrogens is 118 g/mol. The average molecular weight is 121 g/mol. The highest BCUT2D eigenvalue weighted by Gasteiger charge is 2.64. The van der Waals surface area contributed by atoms with Gasteiger partial charge in [-0.2, -0.15) is 0 Å². The van der Waals surface area contributed by atoms with Crippen LogP contribution in [0, 0.1) is 0 Å². The van der Waals surface area contributed by atoms with E-state index in [1.54, 1.807) is 0 Å². The van der Waals surface area contributed by atoms with Crippen molar-refractivity contribution in [2.45, 2.75) is 18.3 Å². The van der Waals surface area contributed by atoms with Gasteiger partial charge in [-0.3, -0.25) is 0 Å². The summed E-state index contributed by atoms with van der Waals surface area (Å²) < 4.78 is 23.6. The van der Waals surface area contributed by atoms with E-state index in [9.17, 15) is 18.7 Å². The number of halogens is 2. The zero-order valence-electron chi connectivity index (χ0n) is 3.86. The normalized spacial score (nSPS) is 44.0. The van der Waals surface area contributed by atoms with Gasteiger partial charge in [0, 0.05) is 6.42 Å². The third kappa shape index (κ3) is 0.487. The molecule has 0 heterocycles. The van der Waals surface area contributed by atoms with E-state index in [2.05, 4.69) is 0 Å². The minimum atomic E-state index is -2.65. The molecule has 2 unspecified atom stereocenters. The fourth-order valence-corrected chi connectivity index (χ4v) is 0.413. The first-order valence-electron chi connectivity index (χ1n) is 2.12. The molecule has 8 heavy (non-hydrogen) atoms. The van der Waals surface area contributed by atoms with Crippen LogP contribution in [-0.4, -0.2) is 17.8 Å². The zero-order chi connectivity index (χ0) is 6.36. The quantitative estimate of drug-likeness (QED) is 0.494. The summed E-state index contributed by atoms with van der Waals surface area (Å²) in [6.07, 6.45) is -2.39. The number of carbonyl (C=O) groups is 1. The molecule has 0 bridgehead atoms. The van der Waals surface area contributed by atoms with Crippen LogP contribution in [0.1, 0.15) is 6.42 Å². The van der Waals surface area contributed by atoms with Crippen LogP contribution in [0.2, 0.25) is 0 Å². The Labute approximate surface area is 44.1 Å². The largest absolute Gasteiger partial charge is 0.395 e. The minimum absolute atomic E-state index is 0.546. The van der Waals surface area contributed by atoms with E-state index in [1.165, 1.54) is 0 Å². The maximum atomic E-state index is 12.0. The molecule has 1 saturated carbocycles. The third-order valence-corrected chi connectivity index (χ3v) is 1.15. The second-order valence-corrected chi connectivity index (χ2v) is 1.82. The van der Waals surface area contributed by atoms with Gasteiger partial charge in [-0.05, 0) is 0 Å². The molecule has 0 aromatic carbocycles. The van der Waals surface area contributed by atoms with Gasteiger partial charge >= 0.3 is 5.97 Å². The Hall–Kier alpha value is -0.670. The summed E-state index contributed by atoms with van der Waals surface area (Å²) in [5.74, 6) is -1.94. The van der Waals surface area contributed by atoms with Crippen LogP contribution in [0.4, 0.5) is 8.78 Å². The van der Waals surface area contributed by atoms with Gasteiger partial charge in [-0.25, -0.2) is 18.7 Å². The molecule has 2 nitrogen and oxygen atoms in total.